The quantitative estimate of drug-likeness (QED) is 0.825. The summed E-state index contributed by atoms with van der Waals surface area (Å²) in [6, 6.07) is 5.16. The molecule has 0 fully saturated rings. The van der Waals surface area contributed by atoms with Crippen LogP contribution in [-0.2, 0) is 6.54 Å². The molecule has 0 aliphatic carbocycles. The number of hydrogen-bond acceptors (Lipinski definition) is 5. The largest absolute Gasteiger partial charge is 0.313 e. The van der Waals surface area contributed by atoms with E-state index in [1.54, 1.807) is 11.6 Å². The van der Waals surface area contributed by atoms with E-state index in [2.05, 4.69) is 22.4 Å². The second-order valence-electron chi connectivity index (χ2n) is 3.71. The van der Waals surface area contributed by atoms with Crippen LogP contribution in [-0.4, -0.2) is 16.7 Å². The first kappa shape index (κ1) is 13.5. The van der Waals surface area contributed by atoms with Crippen molar-refractivity contribution in [2.75, 3.05) is 6.54 Å². The van der Waals surface area contributed by atoms with Gasteiger partial charge in [-0.05, 0) is 24.6 Å². The molecule has 0 unspecified atom stereocenters. The Morgan fingerprint density at radius 3 is 3.06 bits per heavy atom. The van der Waals surface area contributed by atoms with Crippen molar-refractivity contribution >= 4 is 23.1 Å². The normalized spacial score (nSPS) is 10.8. The fraction of sp³-hybridized carbons (Fsp3) is 0.333. The minimum atomic E-state index is -0.203. The molecular formula is C12H14FN3S2. The highest BCUT2D eigenvalue weighted by atomic mass is 32.2. The van der Waals surface area contributed by atoms with Gasteiger partial charge in [0.05, 0.1) is 4.90 Å². The van der Waals surface area contributed by atoms with Crippen molar-refractivity contribution < 1.29 is 4.39 Å². The fourth-order valence-electron chi connectivity index (χ4n) is 1.50. The number of nitrogens with zero attached hydrogens (tertiary/aromatic N) is 2. The van der Waals surface area contributed by atoms with Gasteiger partial charge in [-0.15, -0.1) is 10.2 Å². The maximum absolute atomic E-state index is 13.9. The first-order valence-electron chi connectivity index (χ1n) is 5.73. The predicted octanol–water partition coefficient (Wildman–Crippen LogP) is 3.33. The van der Waals surface area contributed by atoms with Crippen LogP contribution >= 0.6 is 23.1 Å². The number of hydrogen-bond donors (Lipinski definition) is 1. The van der Waals surface area contributed by atoms with Crippen LogP contribution in [0.3, 0.4) is 0 Å². The summed E-state index contributed by atoms with van der Waals surface area (Å²) in [6.07, 6.45) is 1.06. The van der Waals surface area contributed by atoms with Gasteiger partial charge >= 0.3 is 0 Å². The Morgan fingerprint density at radius 1 is 1.44 bits per heavy atom. The summed E-state index contributed by atoms with van der Waals surface area (Å²) in [5.41, 5.74) is 2.61. The van der Waals surface area contributed by atoms with Gasteiger partial charge in [0.2, 0.25) is 0 Å². The molecule has 1 heterocycles. The minimum absolute atomic E-state index is 0.203. The molecule has 1 aromatic carbocycles. The van der Waals surface area contributed by atoms with Crippen LogP contribution in [0.1, 0.15) is 18.9 Å². The summed E-state index contributed by atoms with van der Waals surface area (Å²) >= 11 is 2.75. The average molecular weight is 283 g/mol. The number of nitrogens with one attached hydrogen (secondary N) is 1. The van der Waals surface area contributed by atoms with E-state index < -0.39 is 0 Å². The molecule has 3 nitrogen and oxygen atoms in total. The SMILES string of the molecule is CCCNCc1cccc(F)c1Sc1nncs1. The zero-order valence-corrected chi connectivity index (χ0v) is 11.7. The van der Waals surface area contributed by atoms with Crippen molar-refractivity contribution in [3.63, 3.8) is 0 Å². The Labute approximate surface area is 114 Å². The molecule has 2 rings (SSSR count). The first-order chi connectivity index (χ1) is 8.81. The van der Waals surface area contributed by atoms with Gasteiger partial charge < -0.3 is 5.32 Å². The van der Waals surface area contributed by atoms with Crippen molar-refractivity contribution in [1.82, 2.24) is 15.5 Å². The van der Waals surface area contributed by atoms with Crippen LogP contribution in [0.5, 0.6) is 0 Å². The molecule has 0 bridgehead atoms. The molecule has 0 spiro atoms. The highest BCUT2D eigenvalue weighted by molar-refractivity contribution is 8.01. The lowest BCUT2D eigenvalue weighted by Crippen LogP contribution is -2.14. The zero-order chi connectivity index (χ0) is 12.8. The molecule has 0 amide bonds. The highest BCUT2D eigenvalue weighted by Gasteiger charge is 2.11. The summed E-state index contributed by atoms with van der Waals surface area (Å²) in [7, 11) is 0. The van der Waals surface area contributed by atoms with Crippen LogP contribution in [0.4, 0.5) is 4.39 Å². The Morgan fingerprint density at radius 2 is 2.33 bits per heavy atom. The van der Waals surface area contributed by atoms with Crippen LogP contribution in [0.2, 0.25) is 0 Å². The third-order valence-corrected chi connectivity index (χ3v) is 4.26. The van der Waals surface area contributed by atoms with Gasteiger partial charge in [0, 0.05) is 6.54 Å². The van der Waals surface area contributed by atoms with Gasteiger partial charge in [-0.2, -0.15) is 0 Å². The van der Waals surface area contributed by atoms with E-state index in [1.165, 1.54) is 29.2 Å². The Balaban J connectivity index is 2.15. The molecule has 96 valence electrons. The molecule has 18 heavy (non-hydrogen) atoms. The van der Waals surface area contributed by atoms with Crippen LogP contribution in [0.25, 0.3) is 0 Å². The van der Waals surface area contributed by atoms with Crippen LogP contribution < -0.4 is 5.32 Å². The Bertz CT molecular complexity index is 488. The number of halogens is 1. The van der Waals surface area contributed by atoms with E-state index in [0.29, 0.717) is 11.4 Å². The summed E-state index contributed by atoms with van der Waals surface area (Å²) in [6.45, 7) is 3.71. The van der Waals surface area contributed by atoms with Crippen molar-refractivity contribution in [1.29, 1.82) is 0 Å². The van der Waals surface area contributed by atoms with E-state index in [0.717, 1.165) is 22.9 Å². The molecule has 1 aromatic heterocycles. The van der Waals surface area contributed by atoms with Crippen LogP contribution in [0.15, 0.2) is 32.9 Å². The van der Waals surface area contributed by atoms with Gasteiger partial charge in [-0.3, -0.25) is 0 Å². The van der Waals surface area contributed by atoms with E-state index in [9.17, 15) is 4.39 Å². The topological polar surface area (TPSA) is 37.8 Å². The second-order valence-corrected chi connectivity index (χ2v) is 5.80. The molecule has 0 aliphatic heterocycles. The molecule has 0 saturated carbocycles. The fourth-order valence-corrected chi connectivity index (χ4v) is 3.05. The lowest BCUT2D eigenvalue weighted by molar-refractivity contribution is 0.588. The van der Waals surface area contributed by atoms with Gasteiger partial charge in [0.25, 0.3) is 0 Å². The maximum Gasteiger partial charge on any atom is 0.178 e. The van der Waals surface area contributed by atoms with Crippen molar-refractivity contribution in [2.45, 2.75) is 29.1 Å². The second kappa shape index (κ2) is 6.82. The summed E-state index contributed by atoms with van der Waals surface area (Å²) in [5.74, 6) is -0.203. The summed E-state index contributed by atoms with van der Waals surface area (Å²) < 4.78 is 14.6. The molecule has 1 N–H and O–H groups in total. The number of aromatic nitrogens is 2. The van der Waals surface area contributed by atoms with E-state index >= 15 is 0 Å². The maximum atomic E-state index is 13.9. The number of rotatable bonds is 6. The third kappa shape index (κ3) is 3.51. The van der Waals surface area contributed by atoms with E-state index in [1.807, 2.05) is 6.07 Å². The number of benzene rings is 1. The zero-order valence-electron chi connectivity index (χ0n) is 10.0. The van der Waals surface area contributed by atoms with E-state index in [4.69, 9.17) is 0 Å². The molecule has 2 aromatic rings. The molecular weight excluding hydrogens is 269 g/mol. The van der Waals surface area contributed by atoms with Gasteiger partial charge in [0.15, 0.2) is 4.34 Å². The van der Waals surface area contributed by atoms with Gasteiger partial charge in [-0.1, -0.05) is 42.2 Å². The minimum Gasteiger partial charge on any atom is -0.313 e. The van der Waals surface area contributed by atoms with Crippen LogP contribution in [0, 0.1) is 5.82 Å². The molecule has 0 saturated heterocycles. The first-order valence-corrected chi connectivity index (χ1v) is 7.43. The standard InChI is InChI=1S/C12H14FN3S2/c1-2-6-14-7-9-4-3-5-10(13)11(9)18-12-16-15-8-17-12/h3-5,8,14H,2,6-7H2,1H3. The lowest BCUT2D eigenvalue weighted by atomic mass is 10.2. The van der Waals surface area contributed by atoms with Gasteiger partial charge in [-0.25, -0.2) is 4.39 Å². The van der Waals surface area contributed by atoms with Gasteiger partial charge in [0.1, 0.15) is 11.3 Å². The monoisotopic (exact) mass is 283 g/mol. The third-order valence-electron chi connectivity index (χ3n) is 2.32. The molecule has 0 aliphatic rings. The Kier molecular flexibility index (Phi) is 5.10. The predicted molar refractivity (Wildman–Crippen MR) is 72.4 cm³/mol. The molecule has 6 heteroatoms. The summed E-state index contributed by atoms with van der Waals surface area (Å²) in [4.78, 5) is 0.637. The Hall–Kier alpha value is -0.980. The van der Waals surface area contributed by atoms with E-state index in [-0.39, 0.29) is 5.82 Å². The van der Waals surface area contributed by atoms with Crippen molar-refractivity contribution in [3.05, 3.63) is 35.1 Å². The van der Waals surface area contributed by atoms with Crippen molar-refractivity contribution in [2.24, 2.45) is 0 Å². The molecule has 0 atom stereocenters. The summed E-state index contributed by atoms with van der Waals surface area (Å²) in [5, 5.41) is 11.0. The smallest absolute Gasteiger partial charge is 0.178 e. The average Bonchev–Trinajstić information content (AvgIpc) is 2.86. The highest BCUT2D eigenvalue weighted by Crippen LogP contribution is 2.33. The van der Waals surface area contributed by atoms with Crippen molar-refractivity contribution in [3.8, 4) is 0 Å². The lowest BCUT2D eigenvalue weighted by Gasteiger charge is -2.09. The molecule has 0 radical (unpaired) electrons.